The Morgan fingerprint density at radius 1 is 0.833 bits per heavy atom. The topological polar surface area (TPSA) is 99.0 Å². The average Bonchev–Trinajstić information content (AvgIpc) is 2.87. The van der Waals surface area contributed by atoms with Crippen molar-refractivity contribution in [3.63, 3.8) is 0 Å². The Bertz CT molecular complexity index is 905. The number of carbonyl (C=O) groups excluding carboxylic acids is 1. The SMILES string of the molecule is CC(C)Oc1ccccc1N1CCN(CCCCc2ccc(C(=O)N3CCCCC3)cc2)CC1.O.O. The molecular formula is C29H45N3O4. The molecule has 0 radical (unpaired) electrons. The van der Waals surface area contributed by atoms with Crippen LogP contribution in [0.2, 0.25) is 0 Å². The number of benzene rings is 2. The van der Waals surface area contributed by atoms with E-state index < -0.39 is 0 Å². The Kier molecular flexibility index (Phi) is 12.2. The molecule has 0 saturated carbocycles. The number of likely N-dealkylation sites (tertiary alicyclic amines) is 1. The molecule has 2 aliphatic heterocycles. The summed E-state index contributed by atoms with van der Waals surface area (Å²) in [6.07, 6.45) is 7.19. The van der Waals surface area contributed by atoms with Gasteiger partial charge in [0.2, 0.25) is 0 Å². The highest BCUT2D eigenvalue weighted by Crippen LogP contribution is 2.29. The maximum absolute atomic E-state index is 12.6. The third-order valence-electron chi connectivity index (χ3n) is 6.97. The molecule has 200 valence electrons. The van der Waals surface area contributed by atoms with Crippen LogP contribution in [0.4, 0.5) is 5.69 Å². The van der Waals surface area contributed by atoms with Gasteiger partial charge in [0, 0.05) is 44.8 Å². The van der Waals surface area contributed by atoms with Gasteiger partial charge in [-0.2, -0.15) is 0 Å². The van der Waals surface area contributed by atoms with Gasteiger partial charge in [-0.1, -0.05) is 24.3 Å². The predicted molar refractivity (Wildman–Crippen MR) is 147 cm³/mol. The van der Waals surface area contributed by atoms with Crippen molar-refractivity contribution in [2.24, 2.45) is 0 Å². The molecule has 2 fully saturated rings. The van der Waals surface area contributed by atoms with Gasteiger partial charge in [-0.3, -0.25) is 9.69 Å². The zero-order chi connectivity index (χ0) is 23.8. The Balaban J connectivity index is 0.00000228. The van der Waals surface area contributed by atoms with Crippen LogP contribution in [0.25, 0.3) is 0 Å². The molecule has 2 heterocycles. The summed E-state index contributed by atoms with van der Waals surface area (Å²) >= 11 is 0. The average molecular weight is 500 g/mol. The molecule has 2 aromatic rings. The highest BCUT2D eigenvalue weighted by molar-refractivity contribution is 5.94. The van der Waals surface area contributed by atoms with Crippen molar-refractivity contribution in [2.75, 3.05) is 50.7 Å². The first-order valence-corrected chi connectivity index (χ1v) is 13.2. The van der Waals surface area contributed by atoms with E-state index in [1.54, 1.807) is 0 Å². The standard InChI is InChI=1S/C29H41N3O2.2H2O/c1-24(2)34-28-12-5-4-11-27(28)31-22-20-30(21-23-31)17-9-6-10-25-13-15-26(16-14-25)29(33)32-18-7-3-8-19-32;;/h4-5,11-16,24H,3,6-10,17-23H2,1-2H3;2*1H2. The number of piperidine rings is 1. The quantitative estimate of drug-likeness (QED) is 0.492. The molecule has 0 unspecified atom stereocenters. The number of rotatable bonds is 9. The van der Waals surface area contributed by atoms with Crippen molar-refractivity contribution in [1.82, 2.24) is 9.80 Å². The summed E-state index contributed by atoms with van der Waals surface area (Å²) in [5.41, 5.74) is 3.39. The molecule has 7 nitrogen and oxygen atoms in total. The first-order valence-electron chi connectivity index (χ1n) is 13.2. The van der Waals surface area contributed by atoms with Crippen LogP contribution in [0.1, 0.15) is 61.9 Å². The van der Waals surface area contributed by atoms with E-state index in [0.29, 0.717) is 0 Å². The minimum atomic E-state index is 0. The van der Waals surface area contributed by atoms with Gasteiger partial charge in [-0.05, 0) is 88.7 Å². The largest absolute Gasteiger partial charge is 0.489 e. The van der Waals surface area contributed by atoms with Gasteiger partial charge in [-0.25, -0.2) is 0 Å². The summed E-state index contributed by atoms with van der Waals surface area (Å²) in [6, 6.07) is 16.7. The number of carbonyl (C=O) groups is 1. The van der Waals surface area contributed by atoms with Crippen LogP contribution in [-0.4, -0.2) is 78.6 Å². The van der Waals surface area contributed by atoms with E-state index in [0.717, 1.165) is 76.4 Å². The Morgan fingerprint density at radius 2 is 1.50 bits per heavy atom. The summed E-state index contributed by atoms with van der Waals surface area (Å²) in [5, 5.41) is 0. The van der Waals surface area contributed by atoms with Crippen LogP contribution in [0, 0.1) is 0 Å². The van der Waals surface area contributed by atoms with E-state index in [2.05, 4.69) is 60.0 Å². The predicted octanol–water partition coefficient (Wildman–Crippen LogP) is 3.60. The summed E-state index contributed by atoms with van der Waals surface area (Å²) in [4.78, 5) is 19.7. The number of hydrogen-bond donors (Lipinski definition) is 0. The first-order chi connectivity index (χ1) is 16.6. The molecule has 0 aliphatic carbocycles. The molecule has 4 rings (SSSR count). The fraction of sp³-hybridized carbons (Fsp3) is 0.552. The van der Waals surface area contributed by atoms with Crippen molar-refractivity contribution >= 4 is 11.6 Å². The van der Waals surface area contributed by atoms with Gasteiger partial charge in [0.05, 0.1) is 11.8 Å². The van der Waals surface area contributed by atoms with Crippen molar-refractivity contribution < 1.29 is 20.5 Å². The summed E-state index contributed by atoms with van der Waals surface area (Å²) < 4.78 is 6.02. The maximum Gasteiger partial charge on any atom is 0.253 e. The number of hydrogen-bond acceptors (Lipinski definition) is 4. The molecule has 0 aromatic heterocycles. The van der Waals surface area contributed by atoms with Crippen molar-refractivity contribution in [2.45, 2.75) is 58.5 Å². The highest BCUT2D eigenvalue weighted by Gasteiger charge is 2.20. The van der Waals surface area contributed by atoms with E-state index in [1.807, 2.05) is 17.0 Å². The Labute approximate surface area is 216 Å². The smallest absolute Gasteiger partial charge is 0.253 e. The van der Waals surface area contributed by atoms with E-state index in [1.165, 1.54) is 30.5 Å². The second-order valence-corrected chi connectivity index (χ2v) is 9.97. The van der Waals surface area contributed by atoms with E-state index >= 15 is 0 Å². The minimum Gasteiger partial charge on any atom is -0.489 e. The van der Waals surface area contributed by atoms with Gasteiger partial charge >= 0.3 is 0 Å². The molecule has 2 aromatic carbocycles. The zero-order valence-electron chi connectivity index (χ0n) is 22.0. The molecule has 1 amide bonds. The van der Waals surface area contributed by atoms with Gasteiger partial charge in [0.15, 0.2) is 0 Å². The van der Waals surface area contributed by atoms with Crippen LogP contribution in [0.15, 0.2) is 48.5 Å². The Morgan fingerprint density at radius 3 is 2.17 bits per heavy atom. The monoisotopic (exact) mass is 499 g/mol. The number of anilines is 1. The van der Waals surface area contributed by atoms with Crippen molar-refractivity contribution in [1.29, 1.82) is 0 Å². The van der Waals surface area contributed by atoms with Crippen molar-refractivity contribution in [3.05, 3.63) is 59.7 Å². The minimum absolute atomic E-state index is 0. The first kappa shape index (κ1) is 29.6. The Hall–Kier alpha value is -2.61. The number of para-hydroxylation sites is 2. The second kappa shape index (κ2) is 14.8. The number of nitrogens with zero attached hydrogens (tertiary/aromatic N) is 3. The maximum atomic E-state index is 12.6. The van der Waals surface area contributed by atoms with Crippen LogP contribution in [0.5, 0.6) is 5.75 Å². The number of aryl methyl sites for hydroxylation is 1. The van der Waals surface area contributed by atoms with Crippen molar-refractivity contribution in [3.8, 4) is 5.75 Å². The third kappa shape index (κ3) is 8.22. The van der Waals surface area contributed by atoms with E-state index in [4.69, 9.17) is 4.74 Å². The number of unbranched alkanes of at least 4 members (excludes halogenated alkanes) is 1. The lowest BCUT2D eigenvalue weighted by atomic mass is 10.0. The fourth-order valence-corrected chi connectivity index (χ4v) is 5.04. The van der Waals surface area contributed by atoms with Crippen LogP contribution < -0.4 is 9.64 Å². The molecule has 0 bridgehead atoms. The molecule has 4 N–H and O–H groups in total. The van der Waals surface area contributed by atoms with Gasteiger partial charge in [0.1, 0.15) is 5.75 Å². The summed E-state index contributed by atoms with van der Waals surface area (Å²) in [5.74, 6) is 1.19. The molecule has 2 aliphatic rings. The van der Waals surface area contributed by atoms with E-state index in [9.17, 15) is 4.79 Å². The fourth-order valence-electron chi connectivity index (χ4n) is 5.04. The molecular weight excluding hydrogens is 454 g/mol. The summed E-state index contributed by atoms with van der Waals surface area (Å²) in [6.45, 7) is 11.4. The molecule has 7 heteroatoms. The lowest BCUT2D eigenvalue weighted by Crippen LogP contribution is -2.46. The number of piperazine rings is 1. The normalized spacial score (nSPS) is 16.3. The molecule has 0 spiro atoms. The van der Waals surface area contributed by atoms with Gasteiger partial charge in [0.25, 0.3) is 5.91 Å². The third-order valence-corrected chi connectivity index (χ3v) is 6.97. The van der Waals surface area contributed by atoms with Crippen LogP contribution >= 0.6 is 0 Å². The highest BCUT2D eigenvalue weighted by atomic mass is 16.5. The zero-order valence-corrected chi connectivity index (χ0v) is 22.0. The lowest BCUT2D eigenvalue weighted by molar-refractivity contribution is 0.0724. The van der Waals surface area contributed by atoms with Gasteiger partial charge in [-0.15, -0.1) is 0 Å². The molecule has 2 saturated heterocycles. The van der Waals surface area contributed by atoms with E-state index in [-0.39, 0.29) is 23.0 Å². The summed E-state index contributed by atoms with van der Waals surface area (Å²) in [7, 11) is 0. The molecule has 36 heavy (non-hydrogen) atoms. The van der Waals surface area contributed by atoms with Gasteiger partial charge < -0.3 is 25.5 Å². The molecule has 0 atom stereocenters. The van der Waals surface area contributed by atoms with Crippen LogP contribution in [-0.2, 0) is 6.42 Å². The van der Waals surface area contributed by atoms with Crippen LogP contribution in [0.3, 0.4) is 0 Å². The lowest BCUT2D eigenvalue weighted by Gasteiger charge is -2.37. The number of amides is 1. The number of ether oxygens (including phenoxy) is 1. The second-order valence-electron chi connectivity index (χ2n) is 9.97.